The van der Waals surface area contributed by atoms with Crippen LogP contribution in [0.25, 0.3) is 10.9 Å². The van der Waals surface area contributed by atoms with E-state index in [2.05, 4.69) is 4.98 Å². The molecule has 1 fully saturated rings. The van der Waals surface area contributed by atoms with Crippen molar-refractivity contribution in [3.8, 4) is 0 Å². The van der Waals surface area contributed by atoms with Crippen LogP contribution in [0.3, 0.4) is 0 Å². The van der Waals surface area contributed by atoms with Gasteiger partial charge in [0.05, 0.1) is 17.3 Å². The number of carbonyl (C=O) groups is 2. The highest BCUT2D eigenvalue weighted by Crippen LogP contribution is 2.35. The predicted octanol–water partition coefficient (Wildman–Crippen LogP) is 3.26. The summed E-state index contributed by atoms with van der Waals surface area (Å²) in [6, 6.07) is 16.6. The number of nitrogens with zero attached hydrogens (tertiary/aromatic N) is 3. The first-order valence-electron chi connectivity index (χ1n) is 10.5. The van der Waals surface area contributed by atoms with E-state index in [1.807, 2.05) is 42.5 Å². The van der Waals surface area contributed by atoms with Gasteiger partial charge in [0.2, 0.25) is 0 Å². The van der Waals surface area contributed by atoms with E-state index in [1.54, 1.807) is 30.7 Å². The predicted molar refractivity (Wildman–Crippen MR) is 118 cm³/mol. The summed E-state index contributed by atoms with van der Waals surface area (Å²) in [6.45, 7) is 1.56. The molecule has 1 amide bonds. The first-order valence-corrected chi connectivity index (χ1v) is 10.5. The summed E-state index contributed by atoms with van der Waals surface area (Å²) in [5.74, 6) is -0.214. The standard InChI is InChI=1S/C24H25N3O4/c1-16(23(29)26(2)17-8-4-3-5-9-17)31-22(28)15-14-21-25-20-11-7-6-10-19(20)24(30)27(21)18-12-13-18/h3-11,16,18H,12-15H2,1-2H3. The molecular weight excluding hydrogens is 394 g/mol. The van der Waals surface area contributed by atoms with Crippen molar-refractivity contribution in [2.45, 2.75) is 44.8 Å². The molecule has 7 nitrogen and oxygen atoms in total. The number of aryl methyl sites for hydroxylation is 1. The van der Waals surface area contributed by atoms with E-state index in [4.69, 9.17) is 4.74 Å². The molecule has 1 aromatic heterocycles. The molecule has 1 atom stereocenters. The molecule has 1 heterocycles. The van der Waals surface area contributed by atoms with Crippen molar-refractivity contribution in [3.05, 3.63) is 70.8 Å². The smallest absolute Gasteiger partial charge is 0.307 e. The number of benzene rings is 2. The van der Waals surface area contributed by atoms with E-state index in [9.17, 15) is 14.4 Å². The number of likely N-dealkylation sites (N-methyl/N-ethyl adjacent to an activating group) is 1. The Morgan fingerprint density at radius 1 is 1.13 bits per heavy atom. The fourth-order valence-corrected chi connectivity index (χ4v) is 3.65. The molecule has 0 radical (unpaired) electrons. The van der Waals surface area contributed by atoms with Crippen LogP contribution in [0, 0.1) is 0 Å². The molecule has 4 rings (SSSR count). The van der Waals surface area contributed by atoms with Crippen LogP contribution in [0.4, 0.5) is 5.69 Å². The Balaban J connectivity index is 1.43. The average Bonchev–Trinajstić information content (AvgIpc) is 3.62. The van der Waals surface area contributed by atoms with Crippen molar-refractivity contribution in [2.24, 2.45) is 0 Å². The lowest BCUT2D eigenvalue weighted by molar-refractivity contribution is -0.153. The van der Waals surface area contributed by atoms with Crippen molar-refractivity contribution in [3.63, 3.8) is 0 Å². The summed E-state index contributed by atoms with van der Waals surface area (Å²) < 4.78 is 7.08. The zero-order valence-corrected chi connectivity index (χ0v) is 17.7. The van der Waals surface area contributed by atoms with Crippen molar-refractivity contribution in [1.29, 1.82) is 0 Å². The highest BCUT2D eigenvalue weighted by molar-refractivity contribution is 5.96. The minimum absolute atomic E-state index is 0.0458. The van der Waals surface area contributed by atoms with Crippen LogP contribution in [0.5, 0.6) is 0 Å². The van der Waals surface area contributed by atoms with E-state index in [1.165, 1.54) is 4.90 Å². The Labute approximate surface area is 180 Å². The maximum Gasteiger partial charge on any atom is 0.307 e. The molecule has 2 aromatic carbocycles. The van der Waals surface area contributed by atoms with E-state index in [-0.39, 0.29) is 30.3 Å². The van der Waals surface area contributed by atoms with Crippen LogP contribution in [0.15, 0.2) is 59.4 Å². The molecule has 160 valence electrons. The Kier molecular flexibility index (Phi) is 5.84. The molecule has 0 bridgehead atoms. The molecule has 31 heavy (non-hydrogen) atoms. The van der Waals surface area contributed by atoms with E-state index < -0.39 is 12.1 Å². The third-order valence-electron chi connectivity index (χ3n) is 5.48. The number of hydrogen-bond acceptors (Lipinski definition) is 5. The van der Waals surface area contributed by atoms with E-state index >= 15 is 0 Å². The molecule has 1 saturated carbocycles. The van der Waals surface area contributed by atoms with Gasteiger partial charge in [-0.25, -0.2) is 4.98 Å². The van der Waals surface area contributed by atoms with E-state index in [0.29, 0.717) is 16.7 Å². The fourth-order valence-electron chi connectivity index (χ4n) is 3.65. The van der Waals surface area contributed by atoms with Gasteiger partial charge in [0.1, 0.15) is 5.82 Å². The van der Waals surface area contributed by atoms with Gasteiger partial charge < -0.3 is 9.64 Å². The Morgan fingerprint density at radius 3 is 2.52 bits per heavy atom. The second-order valence-corrected chi connectivity index (χ2v) is 7.82. The first kappa shape index (κ1) is 20.8. The highest BCUT2D eigenvalue weighted by Gasteiger charge is 2.29. The minimum Gasteiger partial charge on any atom is -0.453 e. The van der Waals surface area contributed by atoms with Crippen molar-refractivity contribution in [2.75, 3.05) is 11.9 Å². The number of anilines is 1. The summed E-state index contributed by atoms with van der Waals surface area (Å²) in [5, 5.41) is 0.587. The summed E-state index contributed by atoms with van der Waals surface area (Å²) in [5.41, 5.74) is 1.29. The van der Waals surface area contributed by atoms with Crippen molar-refractivity contribution in [1.82, 2.24) is 9.55 Å². The fraction of sp³-hybridized carbons (Fsp3) is 0.333. The zero-order valence-electron chi connectivity index (χ0n) is 17.7. The molecule has 0 saturated heterocycles. The monoisotopic (exact) mass is 419 g/mol. The normalized spacial score (nSPS) is 14.3. The Hall–Kier alpha value is -3.48. The Morgan fingerprint density at radius 2 is 1.81 bits per heavy atom. The molecule has 1 aliphatic carbocycles. The first-order chi connectivity index (χ1) is 15.0. The number of ether oxygens (including phenoxy) is 1. The molecule has 0 aliphatic heterocycles. The van der Waals surface area contributed by atoms with Crippen LogP contribution < -0.4 is 10.5 Å². The maximum absolute atomic E-state index is 12.9. The second kappa shape index (κ2) is 8.71. The number of carbonyl (C=O) groups excluding carboxylic acids is 2. The lowest BCUT2D eigenvalue weighted by atomic mass is 10.2. The number of rotatable bonds is 7. The molecule has 1 unspecified atom stereocenters. The van der Waals surface area contributed by atoms with Crippen LogP contribution in [0.1, 0.15) is 38.1 Å². The van der Waals surface area contributed by atoms with Gasteiger partial charge in [0, 0.05) is 25.2 Å². The van der Waals surface area contributed by atoms with E-state index in [0.717, 1.165) is 18.5 Å². The number of fused-ring (bicyclic) bond motifs is 1. The SMILES string of the molecule is CC(OC(=O)CCc1nc2ccccc2c(=O)n1C1CC1)C(=O)N(C)c1ccccc1. The third kappa shape index (κ3) is 4.50. The van der Waals surface area contributed by atoms with Gasteiger partial charge in [-0.15, -0.1) is 0 Å². The summed E-state index contributed by atoms with van der Waals surface area (Å²) in [6.07, 6.45) is 1.30. The van der Waals surface area contributed by atoms with Crippen LogP contribution >= 0.6 is 0 Å². The number of amides is 1. The molecule has 1 aliphatic rings. The topological polar surface area (TPSA) is 81.5 Å². The van der Waals surface area contributed by atoms with Crippen LogP contribution in [-0.2, 0) is 20.7 Å². The van der Waals surface area contributed by atoms with Gasteiger partial charge in [-0.2, -0.15) is 0 Å². The summed E-state index contributed by atoms with van der Waals surface area (Å²) in [4.78, 5) is 44.0. The maximum atomic E-state index is 12.9. The lowest BCUT2D eigenvalue weighted by Gasteiger charge is -2.21. The summed E-state index contributed by atoms with van der Waals surface area (Å²) >= 11 is 0. The van der Waals surface area contributed by atoms with Crippen LogP contribution in [-0.4, -0.2) is 34.6 Å². The average molecular weight is 419 g/mol. The van der Waals surface area contributed by atoms with Crippen molar-refractivity contribution >= 4 is 28.5 Å². The molecule has 0 spiro atoms. The zero-order chi connectivity index (χ0) is 22.0. The van der Waals surface area contributed by atoms with Crippen molar-refractivity contribution < 1.29 is 14.3 Å². The molecule has 7 heteroatoms. The van der Waals surface area contributed by atoms with Gasteiger partial charge in [0.15, 0.2) is 6.10 Å². The Bertz CT molecular complexity index is 1170. The highest BCUT2D eigenvalue weighted by atomic mass is 16.5. The lowest BCUT2D eigenvalue weighted by Crippen LogP contribution is -2.37. The van der Waals surface area contributed by atoms with Gasteiger partial charge in [-0.1, -0.05) is 30.3 Å². The summed E-state index contributed by atoms with van der Waals surface area (Å²) in [7, 11) is 1.65. The quantitative estimate of drug-likeness (QED) is 0.549. The molecule has 3 aromatic rings. The van der Waals surface area contributed by atoms with Gasteiger partial charge in [-0.05, 0) is 44.0 Å². The van der Waals surface area contributed by atoms with Gasteiger partial charge >= 0.3 is 5.97 Å². The van der Waals surface area contributed by atoms with Gasteiger partial charge in [-0.3, -0.25) is 19.0 Å². The number of esters is 1. The molecular formula is C24H25N3O4. The third-order valence-corrected chi connectivity index (χ3v) is 5.48. The number of hydrogen-bond donors (Lipinski definition) is 0. The molecule has 0 N–H and O–H groups in total. The largest absolute Gasteiger partial charge is 0.453 e. The van der Waals surface area contributed by atoms with Crippen LogP contribution in [0.2, 0.25) is 0 Å². The second-order valence-electron chi connectivity index (χ2n) is 7.82. The number of aromatic nitrogens is 2. The number of para-hydroxylation sites is 2. The minimum atomic E-state index is -0.909. The van der Waals surface area contributed by atoms with Gasteiger partial charge in [0.25, 0.3) is 11.5 Å².